The Labute approximate surface area is 98.3 Å². The van der Waals surface area contributed by atoms with E-state index < -0.39 is 5.60 Å². The van der Waals surface area contributed by atoms with Gasteiger partial charge in [-0.3, -0.25) is 4.79 Å². The molecular formula is C12H24N2O2. The monoisotopic (exact) mass is 228 g/mol. The van der Waals surface area contributed by atoms with E-state index in [1.807, 2.05) is 25.7 Å². The van der Waals surface area contributed by atoms with Gasteiger partial charge in [0.05, 0.1) is 0 Å². The molecule has 0 aliphatic carbocycles. The number of nitrogens with zero attached hydrogens (tertiary/aromatic N) is 1. The molecule has 0 saturated carbocycles. The molecule has 1 heterocycles. The molecule has 0 unspecified atom stereocenters. The SMILES string of the molecule is CCOC(C)(C)C(=O)N1C[C@H](C)NC[C@H]1C. The largest absolute Gasteiger partial charge is 0.366 e. The van der Waals surface area contributed by atoms with Crippen molar-refractivity contribution in [3.8, 4) is 0 Å². The predicted octanol–water partition coefficient (Wildman–Crippen LogP) is 1.01. The highest BCUT2D eigenvalue weighted by molar-refractivity contribution is 5.84. The van der Waals surface area contributed by atoms with Gasteiger partial charge in [0.25, 0.3) is 5.91 Å². The highest BCUT2D eigenvalue weighted by Gasteiger charge is 2.36. The minimum Gasteiger partial charge on any atom is -0.366 e. The molecular weight excluding hydrogens is 204 g/mol. The molecule has 1 aliphatic rings. The normalized spacial score (nSPS) is 26.9. The molecule has 1 amide bonds. The zero-order valence-electron chi connectivity index (χ0n) is 11.0. The Kier molecular flexibility index (Phi) is 4.33. The van der Waals surface area contributed by atoms with Crippen molar-refractivity contribution in [2.45, 2.75) is 52.3 Å². The third-order valence-corrected chi connectivity index (χ3v) is 3.05. The Hall–Kier alpha value is -0.610. The summed E-state index contributed by atoms with van der Waals surface area (Å²) in [6, 6.07) is 0.598. The Balaban J connectivity index is 2.71. The molecule has 94 valence electrons. The van der Waals surface area contributed by atoms with Crippen molar-refractivity contribution in [1.82, 2.24) is 10.2 Å². The zero-order valence-corrected chi connectivity index (χ0v) is 11.0. The van der Waals surface area contributed by atoms with Crippen LogP contribution in [0.25, 0.3) is 0 Å². The molecule has 0 aromatic heterocycles. The number of ether oxygens (including phenoxy) is 1. The van der Waals surface area contributed by atoms with Crippen molar-refractivity contribution < 1.29 is 9.53 Å². The maximum atomic E-state index is 12.3. The quantitative estimate of drug-likeness (QED) is 0.784. The zero-order chi connectivity index (χ0) is 12.3. The fourth-order valence-electron chi connectivity index (χ4n) is 2.07. The van der Waals surface area contributed by atoms with E-state index in [1.165, 1.54) is 0 Å². The summed E-state index contributed by atoms with van der Waals surface area (Å²) in [7, 11) is 0. The number of nitrogens with one attached hydrogen (secondary N) is 1. The van der Waals surface area contributed by atoms with Crippen LogP contribution in [0.2, 0.25) is 0 Å². The number of hydrogen-bond acceptors (Lipinski definition) is 3. The molecule has 16 heavy (non-hydrogen) atoms. The molecule has 0 radical (unpaired) electrons. The maximum absolute atomic E-state index is 12.3. The first-order chi connectivity index (χ1) is 7.38. The number of hydrogen-bond donors (Lipinski definition) is 1. The van der Waals surface area contributed by atoms with Crippen molar-refractivity contribution in [3.05, 3.63) is 0 Å². The first kappa shape index (κ1) is 13.5. The van der Waals surface area contributed by atoms with E-state index in [0.29, 0.717) is 12.6 Å². The average molecular weight is 228 g/mol. The van der Waals surface area contributed by atoms with Crippen LogP contribution < -0.4 is 5.32 Å². The molecule has 1 rings (SSSR count). The van der Waals surface area contributed by atoms with Crippen LogP contribution in [0.15, 0.2) is 0 Å². The van der Waals surface area contributed by atoms with E-state index in [4.69, 9.17) is 4.74 Å². The average Bonchev–Trinajstić information content (AvgIpc) is 2.20. The Morgan fingerprint density at radius 1 is 1.50 bits per heavy atom. The van der Waals surface area contributed by atoms with E-state index >= 15 is 0 Å². The third-order valence-electron chi connectivity index (χ3n) is 3.05. The topological polar surface area (TPSA) is 41.6 Å². The summed E-state index contributed by atoms with van der Waals surface area (Å²) in [5.74, 6) is 0.0928. The first-order valence-electron chi connectivity index (χ1n) is 6.07. The minimum absolute atomic E-state index is 0.0928. The van der Waals surface area contributed by atoms with Crippen LogP contribution in [0.3, 0.4) is 0 Å². The number of piperazine rings is 1. The summed E-state index contributed by atoms with van der Waals surface area (Å²) in [6.07, 6.45) is 0. The molecule has 1 aliphatic heterocycles. The molecule has 0 aromatic rings. The lowest BCUT2D eigenvalue weighted by Gasteiger charge is -2.41. The molecule has 0 bridgehead atoms. The molecule has 0 spiro atoms. The standard InChI is InChI=1S/C12H24N2O2/c1-6-16-12(4,5)11(15)14-8-9(2)13-7-10(14)3/h9-10,13H,6-8H2,1-5H3/t9-,10+/m0/s1. The number of carbonyl (C=O) groups is 1. The second-order valence-corrected chi connectivity index (χ2v) is 5.06. The number of rotatable bonds is 3. The first-order valence-corrected chi connectivity index (χ1v) is 6.07. The van der Waals surface area contributed by atoms with E-state index in [-0.39, 0.29) is 11.9 Å². The van der Waals surface area contributed by atoms with Crippen LogP contribution in [0.4, 0.5) is 0 Å². The van der Waals surface area contributed by atoms with Crippen LogP contribution in [0.5, 0.6) is 0 Å². The predicted molar refractivity (Wildman–Crippen MR) is 64.3 cm³/mol. The second-order valence-electron chi connectivity index (χ2n) is 5.06. The van der Waals surface area contributed by atoms with Gasteiger partial charge in [-0.15, -0.1) is 0 Å². The lowest BCUT2D eigenvalue weighted by atomic mass is 10.0. The Morgan fingerprint density at radius 3 is 2.69 bits per heavy atom. The fourth-order valence-corrected chi connectivity index (χ4v) is 2.07. The summed E-state index contributed by atoms with van der Waals surface area (Å²) >= 11 is 0. The lowest BCUT2D eigenvalue weighted by Crippen LogP contribution is -2.60. The van der Waals surface area contributed by atoms with Gasteiger partial charge >= 0.3 is 0 Å². The van der Waals surface area contributed by atoms with Crippen molar-refractivity contribution in [1.29, 1.82) is 0 Å². The van der Waals surface area contributed by atoms with Crippen LogP contribution in [0.1, 0.15) is 34.6 Å². The van der Waals surface area contributed by atoms with Crippen molar-refractivity contribution in [2.24, 2.45) is 0 Å². The van der Waals surface area contributed by atoms with E-state index in [1.54, 1.807) is 0 Å². The van der Waals surface area contributed by atoms with E-state index in [0.717, 1.165) is 13.1 Å². The van der Waals surface area contributed by atoms with Gasteiger partial charge in [0.15, 0.2) is 0 Å². The van der Waals surface area contributed by atoms with E-state index in [9.17, 15) is 4.79 Å². The summed E-state index contributed by atoms with van der Waals surface area (Å²) in [6.45, 7) is 12.0. The molecule has 1 fully saturated rings. The number of carbonyl (C=O) groups excluding carboxylic acids is 1. The molecule has 0 aromatic carbocycles. The van der Waals surface area contributed by atoms with Gasteiger partial charge < -0.3 is 15.0 Å². The van der Waals surface area contributed by atoms with Gasteiger partial charge in [0.1, 0.15) is 5.60 Å². The van der Waals surface area contributed by atoms with Gasteiger partial charge in [0.2, 0.25) is 0 Å². The Bertz CT molecular complexity index is 253. The van der Waals surface area contributed by atoms with Gasteiger partial charge in [-0.2, -0.15) is 0 Å². The molecule has 2 atom stereocenters. The lowest BCUT2D eigenvalue weighted by molar-refractivity contribution is -0.157. The number of amides is 1. The van der Waals surface area contributed by atoms with Crippen molar-refractivity contribution in [3.63, 3.8) is 0 Å². The van der Waals surface area contributed by atoms with E-state index in [2.05, 4.69) is 19.2 Å². The van der Waals surface area contributed by atoms with Gasteiger partial charge in [0, 0.05) is 31.8 Å². The molecule has 4 nitrogen and oxygen atoms in total. The molecule has 1 saturated heterocycles. The highest BCUT2D eigenvalue weighted by atomic mass is 16.5. The third kappa shape index (κ3) is 2.95. The minimum atomic E-state index is -0.708. The fraction of sp³-hybridized carbons (Fsp3) is 0.917. The van der Waals surface area contributed by atoms with Gasteiger partial charge in [-0.25, -0.2) is 0 Å². The summed E-state index contributed by atoms with van der Waals surface area (Å²) in [5, 5.41) is 3.37. The molecule has 4 heteroatoms. The smallest absolute Gasteiger partial charge is 0.254 e. The van der Waals surface area contributed by atoms with Crippen LogP contribution in [0, 0.1) is 0 Å². The maximum Gasteiger partial charge on any atom is 0.254 e. The van der Waals surface area contributed by atoms with Crippen LogP contribution >= 0.6 is 0 Å². The summed E-state index contributed by atoms with van der Waals surface area (Å²) < 4.78 is 5.52. The van der Waals surface area contributed by atoms with Gasteiger partial charge in [-0.05, 0) is 34.6 Å². The summed E-state index contributed by atoms with van der Waals surface area (Å²) in [5.41, 5.74) is -0.708. The van der Waals surface area contributed by atoms with Gasteiger partial charge in [-0.1, -0.05) is 0 Å². The Morgan fingerprint density at radius 2 is 2.12 bits per heavy atom. The van der Waals surface area contributed by atoms with Crippen molar-refractivity contribution in [2.75, 3.05) is 19.7 Å². The van der Waals surface area contributed by atoms with Crippen LogP contribution in [-0.4, -0.2) is 48.2 Å². The van der Waals surface area contributed by atoms with Crippen molar-refractivity contribution >= 4 is 5.91 Å². The molecule has 1 N–H and O–H groups in total. The summed E-state index contributed by atoms with van der Waals surface area (Å²) in [4.78, 5) is 14.3. The van der Waals surface area contributed by atoms with Crippen LogP contribution in [-0.2, 0) is 9.53 Å². The highest BCUT2D eigenvalue weighted by Crippen LogP contribution is 2.17. The second kappa shape index (κ2) is 5.15.